The Balaban J connectivity index is 1.92. The van der Waals surface area contributed by atoms with Crippen molar-refractivity contribution in [2.24, 2.45) is 5.92 Å². The minimum atomic E-state index is 0.300. The van der Waals surface area contributed by atoms with E-state index in [0.29, 0.717) is 5.78 Å². The van der Waals surface area contributed by atoms with Crippen LogP contribution in [0, 0.1) is 5.92 Å². The highest BCUT2D eigenvalue weighted by atomic mass is 79.9. The lowest BCUT2D eigenvalue weighted by Gasteiger charge is -1.97. The summed E-state index contributed by atoms with van der Waals surface area (Å²) in [6.45, 7) is 0. The molecular weight excluding hydrogens is 248 g/mol. The molecular formula is C10H11BrOS. The Labute approximate surface area is 90.3 Å². The maximum atomic E-state index is 11.6. The Morgan fingerprint density at radius 1 is 1.62 bits per heavy atom. The molecule has 0 atom stereocenters. The summed E-state index contributed by atoms with van der Waals surface area (Å²) in [6.07, 6.45) is 4.48. The number of carbonyl (C=O) groups is 1. The van der Waals surface area contributed by atoms with E-state index in [1.807, 2.05) is 11.4 Å². The average molecular weight is 259 g/mol. The number of thiophene rings is 1. The Hall–Kier alpha value is -0.150. The summed E-state index contributed by atoms with van der Waals surface area (Å²) in [5.41, 5.74) is 0. The van der Waals surface area contributed by atoms with Gasteiger partial charge in [-0.15, -0.1) is 11.3 Å². The first-order chi connectivity index (χ1) is 6.27. The molecule has 1 aromatic rings. The van der Waals surface area contributed by atoms with Gasteiger partial charge in [0.2, 0.25) is 0 Å². The lowest BCUT2D eigenvalue weighted by molar-refractivity contribution is 0.0981. The van der Waals surface area contributed by atoms with Crippen LogP contribution in [-0.4, -0.2) is 5.78 Å². The van der Waals surface area contributed by atoms with E-state index in [0.717, 1.165) is 28.1 Å². The van der Waals surface area contributed by atoms with Gasteiger partial charge in [-0.1, -0.05) is 12.8 Å². The zero-order valence-electron chi connectivity index (χ0n) is 7.25. The third kappa shape index (κ3) is 2.41. The maximum Gasteiger partial charge on any atom is 0.173 e. The van der Waals surface area contributed by atoms with E-state index in [-0.39, 0.29) is 0 Å². The monoisotopic (exact) mass is 258 g/mol. The molecule has 0 saturated heterocycles. The van der Waals surface area contributed by atoms with E-state index in [2.05, 4.69) is 15.9 Å². The second-order valence-corrected chi connectivity index (χ2v) is 5.27. The van der Waals surface area contributed by atoms with Gasteiger partial charge < -0.3 is 0 Å². The van der Waals surface area contributed by atoms with Gasteiger partial charge in [-0.25, -0.2) is 0 Å². The Bertz CT molecular complexity index is 314. The number of halogens is 1. The average Bonchev–Trinajstić information content (AvgIpc) is 2.84. The second kappa shape index (κ2) is 3.93. The predicted molar refractivity (Wildman–Crippen MR) is 58.3 cm³/mol. The second-order valence-electron chi connectivity index (χ2n) is 3.50. The van der Waals surface area contributed by atoms with Crippen molar-refractivity contribution in [1.82, 2.24) is 0 Å². The van der Waals surface area contributed by atoms with Crippen LogP contribution in [0.2, 0.25) is 0 Å². The number of hydrogen-bond donors (Lipinski definition) is 0. The van der Waals surface area contributed by atoms with E-state index >= 15 is 0 Å². The van der Waals surface area contributed by atoms with E-state index < -0.39 is 0 Å². The van der Waals surface area contributed by atoms with E-state index in [9.17, 15) is 4.79 Å². The van der Waals surface area contributed by atoms with Crippen molar-refractivity contribution in [2.75, 3.05) is 0 Å². The summed E-state index contributed by atoms with van der Waals surface area (Å²) in [5.74, 6) is 1.15. The van der Waals surface area contributed by atoms with Gasteiger partial charge in [-0.3, -0.25) is 4.79 Å². The first-order valence-corrected chi connectivity index (χ1v) is 6.21. The van der Waals surface area contributed by atoms with Crippen LogP contribution < -0.4 is 0 Å². The zero-order valence-corrected chi connectivity index (χ0v) is 9.66. The van der Waals surface area contributed by atoms with Gasteiger partial charge >= 0.3 is 0 Å². The first-order valence-electron chi connectivity index (χ1n) is 4.53. The molecule has 1 fully saturated rings. The topological polar surface area (TPSA) is 17.1 Å². The van der Waals surface area contributed by atoms with Crippen LogP contribution >= 0.6 is 27.3 Å². The van der Waals surface area contributed by atoms with Gasteiger partial charge in [0.05, 0.1) is 4.88 Å². The third-order valence-electron chi connectivity index (χ3n) is 2.35. The minimum Gasteiger partial charge on any atom is -0.293 e. The SMILES string of the molecule is O=C(CCC1CC1)c1sccc1Br. The summed E-state index contributed by atoms with van der Waals surface area (Å²) in [4.78, 5) is 12.5. The van der Waals surface area contributed by atoms with Gasteiger partial charge in [0.1, 0.15) is 0 Å². The smallest absolute Gasteiger partial charge is 0.173 e. The number of hydrogen-bond acceptors (Lipinski definition) is 2. The molecule has 1 saturated carbocycles. The molecule has 0 bridgehead atoms. The lowest BCUT2D eigenvalue weighted by atomic mass is 10.1. The fourth-order valence-electron chi connectivity index (χ4n) is 1.35. The molecule has 0 spiro atoms. The third-order valence-corrected chi connectivity index (χ3v) is 4.23. The molecule has 0 N–H and O–H groups in total. The fourth-order valence-corrected chi connectivity index (χ4v) is 2.91. The summed E-state index contributed by atoms with van der Waals surface area (Å²) in [6, 6.07) is 1.94. The van der Waals surface area contributed by atoms with Crippen molar-refractivity contribution in [3.05, 3.63) is 20.8 Å². The quantitative estimate of drug-likeness (QED) is 0.750. The predicted octanol–water partition coefficient (Wildman–Crippen LogP) is 3.88. The van der Waals surface area contributed by atoms with Crippen molar-refractivity contribution in [1.29, 1.82) is 0 Å². The van der Waals surface area contributed by atoms with Crippen LogP contribution in [0.3, 0.4) is 0 Å². The van der Waals surface area contributed by atoms with Crippen LogP contribution in [0.1, 0.15) is 35.4 Å². The highest BCUT2D eigenvalue weighted by molar-refractivity contribution is 9.10. The summed E-state index contributed by atoms with van der Waals surface area (Å²) in [7, 11) is 0. The highest BCUT2D eigenvalue weighted by Crippen LogP contribution is 2.34. The van der Waals surface area contributed by atoms with Crippen molar-refractivity contribution < 1.29 is 4.79 Å². The Morgan fingerprint density at radius 2 is 2.38 bits per heavy atom. The van der Waals surface area contributed by atoms with Gasteiger partial charge in [0.15, 0.2) is 5.78 Å². The van der Waals surface area contributed by atoms with Gasteiger partial charge in [0.25, 0.3) is 0 Å². The molecule has 0 aliphatic heterocycles. The number of Topliss-reactive ketones (excluding diaryl/α,β-unsaturated/α-hetero) is 1. The highest BCUT2D eigenvalue weighted by Gasteiger charge is 2.22. The number of rotatable bonds is 4. The molecule has 0 aromatic carbocycles. The van der Waals surface area contributed by atoms with E-state index in [4.69, 9.17) is 0 Å². The zero-order chi connectivity index (χ0) is 9.26. The van der Waals surface area contributed by atoms with E-state index in [1.54, 1.807) is 0 Å². The molecule has 1 aliphatic rings. The molecule has 0 unspecified atom stereocenters. The molecule has 13 heavy (non-hydrogen) atoms. The number of ketones is 1. The Kier molecular flexibility index (Phi) is 2.84. The largest absolute Gasteiger partial charge is 0.293 e. The molecule has 70 valence electrons. The summed E-state index contributed by atoms with van der Waals surface area (Å²) < 4.78 is 0.957. The molecule has 2 rings (SSSR count). The molecule has 0 radical (unpaired) electrons. The molecule has 1 nitrogen and oxygen atoms in total. The molecule has 1 heterocycles. The van der Waals surface area contributed by atoms with Crippen LogP contribution in [0.25, 0.3) is 0 Å². The molecule has 0 amide bonds. The van der Waals surface area contributed by atoms with Crippen molar-refractivity contribution >= 4 is 33.0 Å². The molecule has 3 heteroatoms. The first kappa shape index (κ1) is 9.41. The van der Waals surface area contributed by atoms with Crippen LogP contribution in [0.5, 0.6) is 0 Å². The van der Waals surface area contributed by atoms with Crippen molar-refractivity contribution in [2.45, 2.75) is 25.7 Å². The lowest BCUT2D eigenvalue weighted by Crippen LogP contribution is -1.96. The summed E-state index contributed by atoms with van der Waals surface area (Å²) in [5, 5.41) is 1.95. The standard InChI is InChI=1S/C10H11BrOS/c11-8-5-6-13-10(8)9(12)4-3-7-1-2-7/h5-7H,1-4H2. The van der Waals surface area contributed by atoms with Gasteiger partial charge in [-0.05, 0) is 39.7 Å². The van der Waals surface area contributed by atoms with Crippen molar-refractivity contribution in [3.8, 4) is 0 Å². The Morgan fingerprint density at radius 3 is 2.92 bits per heavy atom. The van der Waals surface area contributed by atoms with Crippen LogP contribution in [-0.2, 0) is 0 Å². The van der Waals surface area contributed by atoms with Gasteiger partial charge in [-0.2, -0.15) is 0 Å². The van der Waals surface area contributed by atoms with Crippen LogP contribution in [0.15, 0.2) is 15.9 Å². The van der Waals surface area contributed by atoms with Crippen LogP contribution in [0.4, 0.5) is 0 Å². The van der Waals surface area contributed by atoms with E-state index in [1.165, 1.54) is 24.2 Å². The summed E-state index contributed by atoms with van der Waals surface area (Å²) >= 11 is 4.91. The minimum absolute atomic E-state index is 0.300. The molecule has 1 aromatic heterocycles. The van der Waals surface area contributed by atoms with Gasteiger partial charge in [0, 0.05) is 10.9 Å². The normalized spacial score (nSPS) is 16.1. The number of carbonyl (C=O) groups excluding carboxylic acids is 1. The fraction of sp³-hybridized carbons (Fsp3) is 0.500. The van der Waals surface area contributed by atoms with Crippen molar-refractivity contribution in [3.63, 3.8) is 0 Å². The maximum absolute atomic E-state index is 11.6. The molecule has 1 aliphatic carbocycles.